The third kappa shape index (κ3) is 4.03. The molecule has 0 radical (unpaired) electrons. The van der Waals surface area contributed by atoms with Crippen LogP contribution in [0.5, 0.6) is 5.75 Å². The summed E-state index contributed by atoms with van der Waals surface area (Å²) in [5.74, 6) is 1.27. The molecule has 0 bridgehead atoms. The Hall–Kier alpha value is -2.91. The molecule has 1 fully saturated rings. The minimum Gasteiger partial charge on any atom is -0.495 e. The zero-order valence-corrected chi connectivity index (χ0v) is 17.7. The smallest absolute Gasteiger partial charge is 0.350 e. The van der Waals surface area contributed by atoms with Crippen LogP contribution in [0.2, 0.25) is 0 Å². The lowest BCUT2D eigenvalue weighted by molar-refractivity contribution is 0.402. The second-order valence-corrected chi connectivity index (χ2v) is 9.10. The topological polar surface area (TPSA) is 95.2 Å². The van der Waals surface area contributed by atoms with Gasteiger partial charge in [-0.1, -0.05) is 24.3 Å². The van der Waals surface area contributed by atoms with E-state index < -0.39 is 10.0 Å². The minimum absolute atomic E-state index is 0.0370. The van der Waals surface area contributed by atoms with E-state index in [1.54, 1.807) is 22.8 Å². The molecule has 30 heavy (non-hydrogen) atoms. The van der Waals surface area contributed by atoms with Crippen LogP contribution in [-0.2, 0) is 16.6 Å². The molecular formula is C21H24N4O4S. The van der Waals surface area contributed by atoms with E-state index in [1.165, 1.54) is 11.8 Å². The van der Waals surface area contributed by atoms with E-state index in [0.717, 1.165) is 29.9 Å². The van der Waals surface area contributed by atoms with Crippen LogP contribution in [0.25, 0.3) is 5.69 Å². The lowest BCUT2D eigenvalue weighted by Crippen LogP contribution is -2.32. The van der Waals surface area contributed by atoms with Gasteiger partial charge in [0.1, 0.15) is 16.5 Å². The predicted octanol–water partition coefficient (Wildman–Crippen LogP) is 2.21. The highest BCUT2D eigenvalue weighted by molar-refractivity contribution is 7.89. The fourth-order valence-corrected chi connectivity index (χ4v) is 4.63. The number of methoxy groups -OCH3 is 1. The Kier molecular flexibility index (Phi) is 5.48. The first-order valence-corrected chi connectivity index (χ1v) is 11.3. The highest BCUT2D eigenvalue weighted by Crippen LogP contribution is 2.39. The van der Waals surface area contributed by atoms with E-state index >= 15 is 0 Å². The van der Waals surface area contributed by atoms with Crippen molar-refractivity contribution in [2.24, 2.45) is 0 Å². The third-order valence-electron chi connectivity index (χ3n) is 5.05. The highest BCUT2D eigenvalue weighted by atomic mass is 32.2. The molecule has 158 valence electrons. The first-order valence-electron chi connectivity index (χ1n) is 9.80. The summed E-state index contributed by atoms with van der Waals surface area (Å²) in [5, 5.41) is 4.50. The number of rotatable bonds is 8. The number of benzene rings is 2. The lowest BCUT2D eigenvalue weighted by Gasteiger charge is -2.11. The number of ether oxygens (including phenoxy) is 1. The van der Waals surface area contributed by atoms with Gasteiger partial charge in [-0.2, -0.15) is 5.10 Å². The normalized spacial score (nSPS) is 14.1. The van der Waals surface area contributed by atoms with Gasteiger partial charge in [0.15, 0.2) is 0 Å². The number of hydrogen-bond acceptors (Lipinski definition) is 5. The van der Waals surface area contributed by atoms with Gasteiger partial charge in [-0.3, -0.25) is 0 Å². The van der Waals surface area contributed by atoms with Crippen LogP contribution in [0.15, 0.2) is 58.2 Å². The Morgan fingerprint density at radius 2 is 1.90 bits per heavy atom. The van der Waals surface area contributed by atoms with Crippen molar-refractivity contribution < 1.29 is 13.2 Å². The average Bonchev–Trinajstić information content (AvgIpc) is 3.53. The van der Waals surface area contributed by atoms with Crippen LogP contribution < -0.4 is 15.1 Å². The molecule has 3 aromatic rings. The molecule has 9 heteroatoms. The largest absolute Gasteiger partial charge is 0.495 e. The quantitative estimate of drug-likeness (QED) is 0.594. The third-order valence-corrected chi connectivity index (χ3v) is 6.53. The van der Waals surface area contributed by atoms with E-state index in [2.05, 4.69) is 9.82 Å². The fourth-order valence-electron chi connectivity index (χ4n) is 3.35. The van der Waals surface area contributed by atoms with Gasteiger partial charge in [-0.25, -0.2) is 27.2 Å². The average molecular weight is 429 g/mol. The number of sulfonamides is 1. The standard InChI is InChI=1S/C21H24N4O4S/c1-15-8-11-18(29-2)19(14-15)30(27,28)22-12-13-24-21(26)25(17-6-4-3-5-7-17)20(23-24)16-9-10-16/h3-8,11,14,16,22H,9-10,12-13H2,1-2H3. The molecule has 0 unspecified atom stereocenters. The molecule has 1 aliphatic carbocycles. The minimum atomic E-state index is -3.79. The number of aromatic nitrogens is 3. The first kappa shape index (κ1) is 20.4. The Morgan fingerprint density at radius 1 is 1.17 bits per heavy atom. The Bertz CT molecular complexity index is 1210. The van der Waals surface area contributed by atoms with Gasteiger partial charge in [0.05, 0.1) is 19.3 Å². The van der Waals surface area contributed by atoms with Crippen molar-refractivity contribution in [3.63, 3.8) is 0 Å². The molecule has 0 aliphatic heterocycles. The van der Waals surface area contributed by atoms with Gasteiger partial charge in [0.25, 0.3) is 0 Å². The van der Waals surface area contributed by atoms with Crippen molar-refractivity contribution in [1.82, 2.24) is 19.1 Å². The maximum Gasteiger partial charge on any atom is 0.350 e. The van der Waals surface area contributed by atoms with Gasteiger partial charge in [0.2, 0.25) is 10.0 Å². The second kappa shape index (κ2) is 8.08. The molecule has 1 aromatic heterocycles. The number of nitrogens with one attached hydrogen (secondary N) is 1. The number of nitrogens with zero attached hydrogens (tertiary/aromatic N) is 3. The SMILES string of the molecule is COc1ccc(C)cc1S(=O)(=O)NCCn1nc(C2CC2)n(-c2ccccc2)c1=O. The van der Waals surface area contributed by atoms with Gasteiger partial charge in [0, 0.05) is 12.5 Å². The van der Waals surface area contributed by atoms with Crippen molar-refractivity contribution in [3.8, 4) is 11.4 Å². The van der Waals surface area contributed by atoms with Gasteiger partial charge in [-0.05, 0) is 49.6 Å². The fraction of sp³-hybridized carbons (Fsp3) is 0.333. The summed E-state index contributed by atoms with van der Waals surface area (Å²) in [6, 6.07) is 14.3. The van der Waals surface area contributed by atoms with Crippen LogP contribution >= 0.6 is 0 Å². The molecule has 0 spiro atoms. The summed E-state index contributed by atoms with van der Waals surface area (Å²) in [6.45, 7) is 1.98. The number of aryl methyl sites for hydroxylation is 1. The zero-order chi connectivity index (χ0) is 21.3. The molecule has 1 heterocycles. The van der Waals surface area contributed by atoms with Crippen molar-refractivity contribution in [1.29, 1.82) is 0 Å². The summed E-state index contributed by atoms with van der Waals surface area (Å²) in [4.78, 5) is 13.0. The van der Waals surface area contributed by atoms with E-state index in [9.17, 15) is 13.2 Å². The molecular weight excluding hydrogens is 404 g/mol. The number of para-hydroxylation sites is 1. The molecule has 8 nitrogen and oxygen atoms in total. The summed E-state index contributed by atoms with van der Waals surface area (Å²) in [6.07, 6.45) is 2.01. The maximum absolute atomic E-state index is 13.0. The van der Waals surface area contributed by atoms with Crippen molar-refractivity contribution in [2.75, 3.05) is 13.7 Å². The highest BCUT2D eigenvalue weighted by Gasteiger charge is 2.31. The summed E-state index contributed by atoms with van der Waals surface area (Å²) < 4.78 is 36.2. The van der Waals surface area contributed by atoms with Gasteiger partial charge < -0.3 is 4.74 Å². The van der Waals surface area contributed by atoms with Crippen LogP contribution in [0.1, 0.15) is 30.1 Å². The molecule has 1 N–H and O–H groups in total. The second-order valence-electron chi connectivity index (χ2n) is 7.36. The Labute approximate surface area is 175 Å². The number of hydrogen-bond donors (Lipinski definition) is 1. The molecule has 4 rings (SSSR count). The maximum atomic E-state index is 13.0. The van der Waals surface area contributed by atoms with Crippen molar-refractivity contribution in [3.05, 3.63) is 70.4 Å². The lowest BCUT2D eigenvalue weighted by atomic mass is 10.2. The van der Waals surface area contributed by atoms with Gasteiger partial charge >= 0.3 is 5.69 Å². The van der Waals surface area contributed by atoms with Crippen LogP contribution in [-0.4, -0.2) is 36.4 Å². The summed E-state index contributed by atoms with van der Waals surface area (Å²) in [5.41, 5.74) is 1.30. The van der Waals surface area contributed by atoms with E-state index in [-0.39, 0.29) is 35.3 Å². The molecule has 1 aliphatic rings. The molecule has 2 aromatic carbocycles. The van der Waals surface area contributed by atoms with E-state index in [0.29, 0.717) is 0 Å². The molecule has 0 amide bonds. The Morgan fingerprint density at radius 3 is 2.57 bits per heavy atom. The van der Waals surface area contributed by atoms with Crippen molar-refractivity contribution in [2.45, 2.75) is 37.1 Å². The molecule has 1 saturated carbocycles. The molecule has 0 atom stereocenters. The monoisotopic (exact) mass is 428 g/mol. The van der Waals surface area contributed by atoms with Crippen molar-refractivity contribution >= 4 is 10.0 Å². The van der Waals surface area contributed by atoms with Gasteiger partial charge in [-0.15, -0.1) is 0 Å². The zero-order valence-electron chi connectivity index (χ0n) is 16.9. The van der Waals surface area contributed by atoms with Crippen LogP contribution in [0, 0.1) is 6.92 Å². The predicted molar refractivity (Wildman–Crippen MR) is 113 cm³/mol. The van der Waals surface area contributed by atoms with Crippen LogP contribution in [0.4, 0.5) is 0 Å². The summed E-state index contributed by atoms with van der Waals surface area (Å²) >= 11 is 0. The van der Waals surface area contributed by atoms with E-state index in [1.807, 2.05) is 37.3 Å². The summed E-state index contributed by atoms with van der Waals surface area (Å²) in [7, 11) is -2.36. The van der Waals surface area contributed by atoms with E-state index in [4.69, 9.17) is 4.74 Å². The Balaban J connectivity index is 1.55. The van der Waals surface area contributed by atoms with Crippen LogP contribution in [0.3, 0.4) is 0 Å². The first-order chi connectivity index (χ1) is 14.4. The molecule has 0 saturated heterocycles.